The van der Waals surface area contributed by atoms with Crippen LogP contribution in [-0.2, 0) is 11.3 Å². The van der Waals surface area contributed by atoms with E-state index in [-0.39, 0.29) is 11.8 Å². The van der Waals surface area contributed by atoms with Gasteiger partial charge < -0.3 is 18.9 Å². The van der Waals surface area contributed by atoms with E-state index in [1.54, 1.807) is 0 Å². The molecule has 1 fully saturated rings. The number of amides is 1. The molecule has 6 nitrogen and oxygen atoms in total. The second-order valence-corrected chi connectivity index (χ2v) is 8.79. The molecule has 180 valence electrons. The van der Waals surface area contributed by atoms with Gasteiger partial charge in [-0.15, -0.1) is 0 Å². The van der Waals surface area contributed by atoms with Crippen LogP contribution in [0.25, 0.3) is 11.0 Å². The molecule has 0 aliphatic carbocycles. The number of anilines is 1. The summed E-state index contributed by atoms with van der Waals surface area (Å²) >= 11 is 0. The van der Waals surface area contributed by atoms with Crippen molar-refractivity contribution in [3.63, 3.8) is 0 Å². The van der Waals surface area contributed by atoms with E-state index in [1.807, 2.05) is 84.6 Å². The molecule has 0 saturated carbocycles. The van der Waals surface area contributed by atoms with Crippen molar-refractivity contribution in [1.82, 2.24) is 9.55 Å². The van der Waals surface area contributed by atoms with E-state index in [0.29, 0.717) is 26.2 Å². The topological polar surface area (TPSA) is 56.6 Å². The molecule has 2 heterocycles. The number of para-hydroxylation sites is 5. The van der Waals surface area contributed by atoms with Crippen molar-refractivity contribution >= 4 is 22.6 Å². The Balaban J connectivity index is 1.32. The first-order valence-electron chi connectivity index (χ1n) is 12.4. The molecule has 0 N–H and O–H groups in total. The fraction of sp³-hybridized carbons (Fsp3) is 0.310. The zero-order valence-electron chi connectivity index (χ0n) is 20.1. The van der Waals surface area contributed by atoms with Crippen molar-refractivity contribution in [3.8, 4) is 11.5 Å². The molecule has 1 aliphatic rings. The largest absolute Gasteiger partial charge is 0.494 e. The van der Waals surface area contributed by atoms with E-state index >= 15 is 0 Å². The highest BCUT2D eigenvalue weighted by molar-refractivity contribution is 5.97. The molecule has 1 amide bonds. The number of rotatable bonds is 10. The molecule has 1 saturated heterocycles. The number of hydrogen-bond acceptors (Lipinski definition) is 4. The molecule has 0 unspecified atom stereocenters. The average Bonchev–Trinajstić information content (AvgIpc) is 3.45. The molecule has 1 aromatic heterocycles. The first-order chi connectivity index (χ1) is 17.2. The summed E-state index contributed by atoms with van der Waals surface area (Å²) in [6.45, 7) is 4.64. The van der Waals surface area contributed by atoms with Crippen LogP contribution in [0.2, 0.25) is 0 Å². The predicted molar refractivity (Wildman–Crippen MR) is 138 cm³/mol. The number of imidazole rings is 1. The zero-order chi connectivity index (χ0) is 24.0. The Labute approximate surface area is 206 Å². The number of carbonyl (C=O) groups excluding carboxylic acids is 1. The van der Waals surface area contributed by atoms with Gasteiger partial charge in [-0.25, -0.2) is 4.98 Å². The molecule has 3 aromatic carbocycles. The lowest BCUT2D eigenvalue weighted by Gasteiger charge is -2.20. The molecule has 6 heteroatoms. The van der Waals surface area contributed by atoms with Crippen molar-refractivity contribution in [2.75, 3.05) is 24.7 Å². The van der Waals surface area contributed by atoms with E-state index in [0.717, 1.165) is 53.4 Å². The first-order valence-corrected chi connectivity index (χ1v) is 12.4. The van der Waals surface area contributed by atoms with Crippen LogP contribution >= 0.6 is 0 Å². The summed E-state index contributed by atoms with van der Waals surface area (Å²) in [5.74, 6) is 2.77. The number of fused-ring (bicyclic) bond motifs is 1. The Morgan fingerprint density at radius 1 is 0.914 bits per heavy atom. The number of unbranched alkanes of at least 4 members (excludes halogenated alkanes) is 1. The van der Waals surface area contributed by atoms with Gasteiger partial charge in [0, 0.05) is 25.4 Å². The van der Waals surface area contributed by atoms with Crippen LogP contribution in [0.1, 0.15) is 37.9 Å². The van der Waals surface area contributed by atoms with Crippen LogP contribution in [0.4, 0.5) is 5.69 Å². The summed E-state index contributed by atoms with van der Waals surface area (Å²) in [4.78, 5) is 19.9. The molecule has 35 heavy (non-hydrogen) atoms. The normalized spacial score (nSPS) is 15.6. The summed E-state index contributed by atoms with van der Waals surface area (Å²) < 4.78 is 14.0. The van der Waals surface area contributed by atoms with Crippen LogP contribution < -0.4 is 14.4 Å². The van der Waals surface area contributed by atoms with E-state index in [9.17, 15) is 4.79 Å². The Morgan fingerprint density at radius 2 is 1.69 bits per heavy atom. The molecule has 0 bridgehead atoms. The second kappa shape index (κ2) is 10.6. The van der Waals surface area contributed by atoms with Gasteiger partial charge in [0.25, 0.3) is 0 Å². The summed E-state index contributed by atoms with van der Waals surface area (Å²) in [5.41, 5.74) is 2.93. The van der Waals surface area contributed by atoms with Gasteiger partial charge in [-0.3, -0.25) is 4.79 Å². The maximum absolute atomic E-state index is 13.1. The number of hydrogen-bond donors (Lipinski definition) is 0. The van der Waals surface area contributed by atoms with Crippen molar-refractivity contribution in [1.29, 1.82) is 0 Å². The number of ether oxygens (including phenoxy) is 2. The molecule has 1 aliphatic heterocycles. The Kier molecular flexibility index (Phi) is 6.98. The fourth-order valence-corrected chi connectivity index (χ4v) is 4.79. The number of nitrogens with zero attached hydrogens (tertiary/aromatic N) is 3. The lowest BCUT2D eigenvalue weighted by atomic mass is 10.1. The van der Waals surface area contributed by atoms with E-state index in [1.165, 1.54) is 0 Å². The van der Waals surface area contributed by atoms with Crippen molar-refractivity contribution in [3.05, 3.63) is 84.7 Å². The predicted octanol–water partition coefficient (Wildman–Crippen LogP) is 5.81. The summed E-state index contributed by atoms with van der Waals surface area (Å²) in [6, 6.07) is 25.9. The number of aromatic nitrogens is 2. The second-order valence-electron chi connectivity index (χ2n) is 8.79. The Morgan fingerprint density at radius 3 is 2.54 bits per heavy atom. The van der Waals surface area contributed by atoms with Crippen LogP contribution in [0.3, 0.4) is 0 Å². The lowest BCUT2D eigenvalue weighted by Crippen LogP contribution is -2.25. The average molecular weight is 470 g/mol. The van der Waals surface area contributed by atoms with Crippen LogP contribution in [0.15, 0.2) is 78.9 Å². The molecular weight excluding hydrogens is 438 g/mol. The Hall–Kier alpha value is -3.80. The van der Waals surface area contributed by atoms with E-state index < -0.39 is 0 Å². The summed E-state index contributed by atoms with van der Waals surface area (Å²) in [5, 5.41) is 0. The monoisotopic (exact) mass is 469 g/mol. The standard InChI is InChI=1S/C29H31N3O3/c1-2-34-27-17-9-8-16-26(27)32-21-22(20-28(32)33)29-30-24-14-6-7-15-25(24)31(29)18-10-11-19-35-23-12-4-3-5-13-23/h3-9,12-17,22H,2,10-11,18-21H2,1H3/t22-/m0/s1. The third kappa shape index (κ3) is 5.02. The number of benzene rings is 3. The van der Waals surface area contributed by atoms with Crippen molar-refractivity contribution in [2.45, 2.75) is 38.6 Å². The van der Waals surface area contributed by atoms with Crippen LogP contribution in [-0.4, -0.2) is 35.2 Å². The number of aryl methyl sites for hydroxylation is 1. The third-order valence-corrected chi connectivity index (χ3v) is 6.42. The molecular formula is C29H31N3O3. The lowest BCUT2D eigenvalue weighted by molar-refractivity contribution is -0.117. The zero-order valence-corrected chi connectivity index (χ0v) is 20.1. The molecule has 0 spiro atoms. The SMILES string of the molecule is CCOc1ccccc1N1C[C@@H](c2nc3ccccc3n2CCCCOc2ccccc2)CC1=O. The quantitative estimate of drug-likeness (QED) is 0.275. The minimum absolute atomic E-state index is 0.0325. The van der Waals surface area contributed by atoms with Gasteiger partial charge in [0.15, 0.2) is 0 Å². The maximum Gasteiger partial charge on any atom is 0.227 e. The number of carbonyl (C=O) groups is 1. The maximum atomic E-state index is 13.1. The van der Waals surface area contributed by atoms with Gasteiger partial charge in [-0.2, -0.15) is 0 Å². The molecule has 4 aromatic rings. The first kappa shape index (κ1) is 23.0. The van der Waals surface area contributed by atoms with E-state index in [2.05, 4.69) is 10.6 Å². The van der Waals surface area contributed by atoms with Crippen LogP contribution in [0.5, 0.6) is 11.5 Å². The molecule has 5 rings (SSSR count). The van der Waals surface area contributed by atoms with Crippen LogP contribution in [0, 0.1) is 0 Å². The summed E-state index contributed by atoms with van der Waals surface area (Å²) in [7, 11) is 0. The smallest absolute Gasteiger partial charge is 0.227 e. The third-order valence-electron chi connectivity index (χ3n) is 6.42. The molecule has 0 radical (unpaired) electrons. The fourth-order valence-electron chi connectivity index (χ4n) is 4.79. The molecule has 1 atom stereocenters. The highest BCUT2D eigenvalue weighted by atomic mass is 16.5. The van der Waals surface area contributed by atoms with Gasteiger partial charge in [0.1, 0.15) is 17.3 Å². The van der Waals surface area contributed by atoms with Gasteiger partial charge in [0.05, 0.1) is 29.9 Å². The Bertz CT molecular complexity index is 1280. The minimum atomic E-state index is 0.0325. The van der Waals surface area contributed by atoms with Gasteiger partial charge in [0.2, 0.25) is 5.91 Å². The summed E-state index contributed by atoms with van der Waals surface area (Å²) in [6.07, 6.45) is 2.36. The highest BCUT2D eigenvalue weighted by Crippen LogP contribution is 2.37. The van der Waals surface area contributed by atoms with Gasteiger partial charge in [-0.1, -0.05) is 42.5 Å². The van der Waals surface area contributed by atoms with E-state index in [4.69, 9.17) is 14.5 Å². The minimum Gasteiger partial charge on any atom is -0.494 e. The highest BCUT2D eigenvalue weighted by Gasteiger charge is 2.35. The van der Waals surface area contributed by atoms with Gasteiger partial charge >= 0.3 is 0 Å². The van der Waals surface area contributed by atoms with Crippen molar-refractivity contribution < 1.29 is 14.3 Å². The van der Waals surface area contributed by atoms with Gasteiger partial charge in [-0.05, 0) is 56.2 Å². The van der Waals surface area contributed by atoms with Crippen molar-refractivity contribution in [2.24, 2.45) is 0 Å².